The first-order chi connectivity index (χ1) is 12.4. The Morgan fingerprint density at radius 3 is 2.31 bits per heavy atom. The number of rotatable bonds is 9. The van der Waals surface area contributed by atoms with Crippen LogP contribution in [0.15, 0.2) is 53.4 Å². The lowest BCUT2D eigenvalue weighted by molar-refractivity contribution is 0.0954. The van der Waals surface area contributed by atoms with Gasteiger partial charge in [0.25, 0.3) is 5.91 Å². The van der Waals surface area contributed by atoms with Crippen molar-refractivity contribution in [2.24, 2.45) is 5.14 Å². The summed E-state index contributed by atoms with van der Waals surface area (Å²) < 4.78 is 28.0. The van der Waals surface area contributed by atoms with Crippen LogP contribution in [0.4, 0.5) is 0 Å². The number of nitrogens with one attached hydrogen (secondary N) is 1. The summed E-state index contributed by atoms with van der Waals surface area (Å²) in [5.41, 5.74) is 1.48. The standard InChI is InChI=1S/C19H24N2O4S/c1-2-3-14-25-17-8-6-16(7-9-17)19(22)21-13-12-15-4-10-18(11-5-15)26(20,23)24/h4-11H,2-3,12-14H2,1H3,(H,21,22)(H2,20,23,24). The molecule has 0 unspecified atom stereocenters. The summed E-state index contributed by atoms with van der Waals surface area (Å²) in [5.74, 6) is 0.594. The van der Waals surface area contributed by atoms with E-state index in [1.54, 1.807) is 36.4 Å². The number of hydrogen-bond donors (Lipinski definition) is 2. The lowest BCUT2D eigenvalue weighted by Gasteiger charge is -2.08. The topological polar surface area (TPSA) is 98.5 Å². The molecule has 1 amide bonds. The molecule has 0 aliphatic carbocycles. The van der Waals surface area contributed by atoms with Crippen LogP contribution in [0.3, 0.4) is 0 Å². The van der Waals surface area contributed by atoms with E-state index in [1.165, 1.54) is 12.1 Å². The molecule has 26 heavy (non-hydrogen) atoms. The van der Waals surface area contributed by atoms with E-state index >= 15 is 0 Å². The Kier molecular flexibility index (Phi) is 7.17. The number of nitrogens with two attached hydrogens (primary N) is 1. The van der Waals surface area contributed by atoms with Crippen molar-refractivity contribution >= 4 is 15.9 Å². The maximum absolute atomic E-state index is 12.1. The molecule has 0 radical (unpaired) electrons. The molecule has 0 bridgehead atoms. The number of amides is 1. The summed E-state index contributed by atoms with van der Waals surface area (Å²) in [6.07, 6.45) is 2.67. The van der Waals surface area contributed by atoms with E-state index < -0.39 is 10.0 Å². The Morgan fingerprint density at radius 2 is 1.73 bits per heavy atom. The van der Waals surface area contributed by atoms with Gasteiger partial charge in [0.05, 0.1) is 11.5 Å². The predicted molar refractivity (Wildman–Crippen MR) is 101 cm³/mol. The maximum atomic E-state index is 12.1. The third-order valence-corrected chi connectivity index (χ3v) is 4.76. The second-order valence-electron chi connectivity index (χ2n) is 5.92. The van der Waals surface area contributed by atoms with Gasteiger partial charge in [-0.3, -0.25) is 4.79 Å². The zero-order valence-electron chi connectivity index (χ0n) is 14.8. The highest BCUT2D eigenvalue weighted by molar-refractivity contribution is 7.89. The molecule has 2 aromatic rings. The molecule has 0 aliphatic heterocycles. The van der Waals surface area contributed by atoms with E-state index in [0.29, 0.717) is 25.1 Å². The molecule has 0 aromatic heterocycles. The molecular weight excluding hydrogens is 352 g/mol. The monoisotopic (exact) mass is 376 g/mol. The van der Waals surface area contributed by atoms with Crippen molar-refractivity contribution in [1.82, 2.24) is 5.32 Å². The fourth-order valence-corrected chi connectivity index (χ4v) is 2.82. The van der Waals surface area contributed by atoms with E-state index in [0.717, 1.165) is 24.2 Å². The van der Waals surface area contributed by atoms with Crippen LogP contribution in [-0.2, 0) is 16.4 Å². The van der Waals surface area contributed by atoms with Crippen LogP contribution < -0.4 is 15.2 Å². The number of carbonyl (C=O) groups is 1. The van der Waals surface area contributed by atoms with Crippen molar-refractivity contribution in [1.29, 1.82) is 0 Å². The Morgan fingerprint density at radius 1 is 1.08 bits per heavy atom. The van der Waals surface area contributed by atoms with Crippen molar-refractivity contribution in [3.8, 4) is 5.75 Å². The molecular formula is C19H24N2O4S. The van der Waals surface area contributed by atoms with Crippen LogP contribution in [0.5, 0.6) is 5.75 Å². The van der Waals surface area contributed by atoms with Crippen molar-refractivity contribution in [2.45, 2.75) is 31.1 Å². The lowest BCUT2D eigenvalue weighted by atomic mass is 10.1. The van der Waals surface area contributed by atoms with Gasteiger partial charge in [-0.2, -0.15) is 0 Å². The Bertz CT molecular complexity index is 816. The summed E-state index contributed by atoms with van der Waals surface area (Å²) in [4.78, 5) is 12.2. The summed E-state index contributed by atoms with van der Waals surface area (Å²) in [6, 6.07) is 13.3. The van der Waals surface area contributed by atoms with E-state index in [4.69, 9.17) is 9.88 Å². The minimum absolute atomic E-state index is 0.0755. The van der Waals surface area contributed by atoms with Crippen LogP contribution in [-0.4, -0.2) is 27.5 Å². The number of primary sulfonamides is 1. The first-order valence-corrected chi connectivity index (χ1v) is 10.1. The van der Waals surface area contributed by atoms with Gasteiger partial charge in [0.2, 0.25) is 10.0 Å². The van der Waals surface area contributed by atoms with Crippen molar-refractivity contribution in [3.05, 3.63) is 59.7 Å². The number of hydrogen-bond acceptors (Lipinski definition) is 4. The van der Waals surface area contributed by atoms with Gasteiger partial charge in [0, 0.05) is 12.1 Å². The molecule has 0 saturated heterocycles. The van der Waals surface area contributed by atoms with Gasteiger partial charge in [-0.15, -0.1) is 0 Å². The SMILES string of the molecule is CCCCOc1ccc(C(=O)NCCc2ccc(S(N)(=O)=O)cc2)cc1. The molecule has 7 heteroatoms. The molecule has 140 valence electrons. The van der Waals surface area contributed by atoms with Gasteiger partial charge in [-0.25, -0.2) is 13.6 Å². The summed E-state index contributed by atoms with van der Waals surface area (Å²) in [6.45, 7) is 3.22. The Hall–Kier alpha value is -2.38. The first-order valence-electron chi connectivity index (χ1n) is 8.53. The van der Waals surface area contributed by atoms with E-state index in [-0.39, 0.29) is 10.8 Å². The molecule has 0 spiro atoms. The molecule has 2 rings (SSSR count). The molecule has 0 heterocycles. The third-order valence-electron chi connectivity index (χ3n) is 3.83. The number of carbonyl (C=O) groups excluding carboxylic acids is 1. The maximum Gasteiger partial charge on any atom is 0.251 e. The molecule has 3 N–H and O–H groups in total. The third kappa shape index (κ3) is 6.16. The largest absolute Gasteiger partial charge is 0.494 e. The predicted octanol–water partition coefficient (Wildman–Crippen LogP) is 2.49. The highest BCUT2D eigenvalue weighted by atomic mass is 32.2. The molecule has 0 saturated carbocycles. The van der Waals surface area contributed by atoms with Crippen molar-refractivity contribution in [2.75, 3.05) is 13.2 Å². The van der Waals surface area contributed by atoms with E-state index in [1.807, 2.05) is 0 Å². The average molecular weight is 376 g/mol. The van der Waals surface area contributed by atoms with Gasteiger partial charge >= 0.3 is 0 Å². The molecule has 6 nitrogen and oxygen atoms in total. The number of sulfonamides is 1. The number of benzene rings is 2. The smallest absolute Gasteiger partial charge is 0.251 e. The second kappa shape index (κ2) is 9.35. The summed E-state index contributed by atoms with van der Waals surface area (Å²) in [5, 5.41) is 7.90. The Balaban J connectivity index is 1.81. The molecule has 0 atom stereocenters. The van der Waals surface area contributed by atoms with Crippen LogP contribution in [0, 0.1) is 0 Å². The van der Waals surface area contributed by atoms with Gasteiger partial charge in [-0.05, 0) is 54.8 Å². The van der Waals surface area contributed by atoms with E-state index in [2.05, 4.69) is 12.2 Å². The zero-order valence-corrected chi connectivity index (χ0v) is 15.6. The second-order valence-corrected chi connectivity index (χ2v) is 7.48. The first kappa shape index (κ1) is 19.9. The fraction of sp³-hybridized carbons (Fsp3) is 0.316. The number of unbranched alkanes of at least 4 members (excludes halogenated alkanes) is 1. The van der Waals surface area contributed by atoms with Gasteiger partial charge in [0.1, 0.15) is 5.75 Å². The quantitative estimate of drug-likeness (QED) is 0.657. The summed E-state index contributed by atoms with van der Waals surface area (Å²) in [7, 11) is -3.68. The van der Waals surface area contributed by atoms with Crippen LogP contribution in [0.2, 0.25) is 0 Å². The van der Waals surface area contributed by atoms with Crippen molar-refractivity contribution < 1.29 is 17.9 Å². The highest BCUT2D eigenvalue weighted by Gasteiger charge is 2.08. The van der Waals surface area contributed by atoms with Crippen LogP contribution in [0.25, 0.3) is 0 Å². The van der Waals surface area contributed by atoms with Gasteiger partial charge in [-0.1, -0.05) is 25.5 Å². The minimum Gasteiger partial charge on any atom is -0.494 e. The normalized spacial score (nSPS) is 11.2. The highest BCUT2D eigenvalue weighted by Crippen LogP contribution is 2.13. The fourth-order valence-electron chi connectivity index (χ4n) is 2.31. The minimum atomic E-state index is -3.68. The van der Waals surface area contributed by atoms with Gasteiger partial charge < -0.3 is 10.1 Å². The van der Waals surface area contributed by atoms with Crippen molar-refractivity contribution in [3.63, 3.8) is 0 Å². The average Bonchev–Trinajstić information content (AvgIpc) is 2.62. The Labute approximate surface area is 154 Å². The summed E-state index contributed by atoms with van der Waals surface area (Å²) >= 11 is 0. The van der Waals surface area contributed by atoms with Crippen LogP contribution >= 0.6 is 0 Å². The molecule has 0 fully saturated rings. The zero-order chi connectivity index (χ0) is 19.0. The van der Waals surface area contributed by atoms with Gasteiger partial charge in [0.15, 0.2) is 0 Å². The molecule has 2 aromatic carbocycles. The lowest BCUT2D eigenvalue weighted by Crippen LogP contribution is -2.25. The van der Waals surface area contributed by atoms with E-state index in [9.17, 15) is 13.2 Å². The molecule has 0 aliphatic rings. The van der Waals surface area contributed by atoms with Crippen LogP contribution in [0.1, 0.15) is 35.7 Å². The number of ether oxygens (including phenoxy) is 1.